The Morgan fingerprint density at radius 3 is 2.42 bits per heavy atom. The van der Waals surface area contributed by atoms with Crippen molar-refractivity contribution in [3.05, 3.63) is 28.2 Å². The second-order valence-electron chi connectivity index (χ2n) is 3.92. The van der Waals surface area contributed by atoms with Gasteiger partial charge in [-0.3, -0.25) is 0 Å². The molecule has 1 aromatic carbocycles. The molecule has 0 amide bonds. The summed E-state index contributed by atoms with van der Waals surface area (Å²) in [4.78, 5) is -0.398. The van der Waals surface area contributed by atoms with Gasteiger partial charge in [0.1, 0.15) is 0 Å². The van der Waals surface area contributed by atoms with E-state index in [0.29, 0.717) is 12.5 Å². The monoisotopic (exact) mass is 359 g/mol. The van der Waals surface area contributed by atoms with E-state index in [0.717, 1.165) is 18.6 Å². The van der Waals surface area contributed by atoms with E-state index in [2.05, 4.69) is 20.7 Å². The molecule has 0 spiro atoms. The zero-order valence-electron chi connectivity index (χ0n) is 10.1. The van der Waals surface area contributed by atoms with Gasteiger partial charge in [0, 0.05) is 11.0 Å². The molecule has 1 N–H and O–H groups in total. The van der Waals surface area contributed by atoms with Crippen LogP contribution in [-0.2, 0) is 16.2 Å². The van der Waals surface area contributed by atoms with Crippen molar-refractivity contribution < 1.29 is 21.6 Å². The Morgan fingerprint density at radius 2 is 1.89 bits per heavy atom. The third-order valence-electron chi connectivity index (χ3n) is 2.33. The molecule has 0 fully saturated rings. The van der Waals surface area contributed by atoms with Crippen LogP contribution in [0.15, 0.2) is 27.6 Å². The lowest BCUT2D eigenvalue weighted by Gasteiger charge is -2.11. The van der Waals surface area contributed by atoms with E-state index in [9.17, 15) is 21.6 Å². The van der Waals surface area contributed by atoms with E-state index in [1.165, 1.54) is 0 Å². The molecule has 0 aliphatic rings. The number of hydrogen-bond donors (Lipinski definition) is 1. The maximum absolute atomic E-state index is 12.6. The van der Waals surface area contributed by atoms with Gasteiger partial charge < -0.3 is 0 Å². The van der Waals surface area contributed by atoms with Crippen molar-refractivity contribution in [3.63, 3.8) is 0 Å². The van der Waals surface area contributed by atoms with Crippen LogP contribution in [0.4, 0.5) is 13.2 Å². The number of hydrogen-bond acceptors (Lipinski definition) is 2. The average molecular weight is 360 g/mol. The van der Waals surface area contributed by atoms with Crippen molar-refractivity contribution in [3.8, 4) is 0 Å². The topological polar surface area (TPSA) is 46.2 Å². The van der Waals surface area contributed by atoms with Crippen LogP contribution in [0.5, 0.6) is 0 Å². The lowest BCUT2D eigenvalue weighted by atomic mass is 10.2. The van der Waals surface area contributed by atoms with Gasteiger partial charge in [-0.2, -0.15) is 13.2 Å². The van der Waals surface area contributed by atoms with Crippen LogP contribution in [-0.4, -0.2) is 15.0 Å². The number of benzene rings is 1. The molecular formula is C11H13BrF3NO2S. The summed E-state index contributed by atoms with van der Waals surface area (Å²) < 4.78 is 63.8. The Labute approximate surface area is 118 Å². The second kappa shape index (κ2) is 6.23. The summed E-state index contributed by atoms with van der Waals surface area (Å²) in [5.74, 6) is 0. The van der Waals surface area contributed by atoms with Gasteiger partial charge in [0.2, 0.25) is 10.0 Å². The van der Waals surface area contributed by atoms with Crippen LogP contribution in [0.1, 0.15) is 25.3 Å². The molecule has 0 bridgehead atoms. The number of alkyl halides is 3. The fourth-order valence-electron chi connectivity index (χ4n) is 1.35. The Kier molecular flexibility index (Phi) is 5.40. The normalized spacial score (nSPS) is 12.7. The highest BCUT2D eigenvalue weighted by molar-refractivity contribution is 9.10. The Bertz CT molecular complexity index is 543. The predicted octanol–water partition coefficient (Wildman–Crippen LogP) is 3.55. The average Bonchev–Trinajstić information content (AvgIpc) is 2.27. The summed E-state index contributed by atoms with van der Waals surface area (Å²) in [6.07, 6.45) is -3.17. The Morgan fingerprint density at radius 1 is 1.26 bits per heavy atom. The lowest BCUT2D eigenvalue weighted by molar-refractivity contribution is -0.137. The molecule has 0 heterocycles. The minimum absolute atomic E-state index is 0.0678. The zero-order chi connectivity index (χ0) is 14.7. The first-order valence-corrected chi connectivity index (χ1v) is 7.82. The first-order valence-electron chi connectivity index (χ1n) is 5.54. The minimum Gasteiger partial charge on any atom is -0.211 e. The highest BCUT2D eigenvalue weighted by atomic mass is 79.9. The Hall–Kier alpha value is -0.600. The highest BCUT2D eigenvalue weighted by Crippen LogP contribution is 2.33. The number of halogens is 4. The molecule has 0 aromatic heterocycles. The summed E-state index contributed by atoms with van der Waals surface area (Å²) >= 11 is 2.89. The van der Waals surface area contributed by atoms with Crippen LogP contribution < -0.4 is 4.72 Å². The zero-order valence-corrected chi connectivity index (χ0v) is 12.5. The molecule has 1 aromatic rings. The number of nitrogens with one attached hydrogen (secondary N) is 1. The molecular weight excluding hydrogens is 347 g/mol. The van der Waals surface area contributed by atoms with E-state index < -0.39 is 26.7 Å². The number of unbranched alkanes of at least 4 members (excludes halogenated alkanes) is 1. The predicted molar refractivity (Wildman–Crippen MR) is 69.2 cm³/mol. The van der Waals surface area contributed by atoms with Crippen LogP contribution in [0.3, 0.4) is 0 Å². The second-order valence-corrected chi connectivity index (χ2v) is 6.61. The SMILES string of the molecule is CCCCNS(=O)(=O)c1cc(Br)cc(C(F)(F)F)c1. The summed E-state index contributed by atoms with van der Waals surface area (Å²) in [6.45, 7) is 2.09. The summed E-state index contributed by atoms with van der Waals surface area (Å²) in [5, 5.41) is 0. The van der Waals surface area contributed by atoms with E-state index in [4.69, 9.17) is 0 Å². The number of sulfonamides is 1. The molecule has 8 heteroatoms. The van der Waals surface area contributed by atoms with Gasteiger partial charge in [0.05, 0.1) is 10.5 Å². The van der Waals surface area contributed by atoms with E-state index in [1.54, 1.807) is 0 Å². The fraction of sp³-hybridized carbons (Fsp3) is 0.455. The minimum atomic E-state index is -4.59. The first-order chi connectivity index (χ1) is 8.66. The third-order valence-corrected chi connectivity index (χ3v) is 4.23. The van der Waals surface area contributed by atoms with Gasteiger partial charge in [-0.1, -0.05) is 29.3 Å². The van der Waals surface area contributed by atoms with Crippen LogP contribution in [0, 0.1) is 0 Å². The molecule has 0 radical (unpaired) electrons. The molecule has 0 aliphatic heterocycles. The van der Waals surface area contributed by atoms with Crippen LogP contribution in [0.25, 0.3) is 0 Å². The van der Waals surface area contributed by atoms with Gasteiger partial charge in [-0.15, -0.1) is 0 Å². The van der Waals surface area contributed by atoms with Crippen LogP contribution >= 0.6 is 15.9 Å². The largest absolute Gasteiger partial charge is 0.416 e. The van der Waals surface area contributed by atoms with Crippen LogP contribution in [0.2, 0.25) is 0 Å². The molecule has 0 aliphatic carbocycles. The molecule has 108 valence electrons. The lowest BCUT2D eigenvalue weighted by Crippen LogP contribution is -2.25. The quantitative estimate of drug-likeness (QED) is 0.817. The molecule has 19 heavy (non-hydrogen) atoms. The summed E-state index contributed by atoms with van der Waals surface area (Å²) in [7, 11) is -3.92. The molecule has 0 unspecified atom stereocenters. The molecule has 0 atom stereocenters. The van der Waals surface area contributed by atoms with E-state index in [-0.39, 0.29) is 11.0 Å². The first kappa shape index (κ1) is 16.5. The molecule has 0 saturated heterocycles. The van der Waals surface area contributed by atoms with E-state index in [1.807, 2.05) is 6.92 Å². The summed E-state index contributed by atoms with van der Waals surface area (Å²) in [6, 6.07) is 2.60. The Balaban J connectivity index is 3.10. The van der Waals surface area contributed by atoms with Gasteiger partial charge in [-0.25, -0.2) is 13.1 Å². The van der Waals surface area contributed by atoms with Gasteiger partial charge in [-0.05, 0) is 24.6 Å². The molecule has 0 saturated carbocycles. The molecule has 3 nitrogen and oxygen atoms in total. The number of rotatable bonds is 5. The standard InChI is InChI=1S/C11H13BrF3NO2S/c1-2-3-4-16-19(17,18)10-6-8(11(13,14)15)5-9(12)7-10/h5-7,16H,2-4H2,1H3. The van der Waals surface area contributed by atoms with Gasteiger partial charge in [0.25, 0.3) is 0 Å². The van der Waals surface area contributed by atoms with Crippen molar-refractivity contribution in [2.75, 3.05) is 6.54 Å². The van der Waals surface area contributed by atoms with Crippen molar-refractivity contribution in [1.29, 1.82) is 0 Å². The van der Waals surface area contributed by atoms with Gasteiger partial charge in [0.15, 0.2) is 0 Å². The van der Waals surface area contributed by atoms with Crippen molar-refractivity contribution in [1.82, 2.24) is 4.72 Å². The van der Waals surface area contributed by atoms with Crippen molar-refractivity contribution in [2.24, 2.45) is 0 Å². The fourth-order valence-corrected chi connectivity index (χ4v) is 3.14. The van der Waals surface area contributed by atoms with E-state index >= 15 is 0 Å². The highest BCUT2D eigenvalue weighted by Gasteiger charge is 2.32. The van der Waals surface area contributed by atoms with Crippen molar-refractivity contribution >= 4 is 26.0 Å². The smallest absolute Gasteiger partial charge is 0.211 e. The van der Waals surface area contributed by atoms with Gasteiger partial charge >= 0.3 is 6.18 Å². The molecule has 1 rings (SSSR count). The van der Waals surface area contributed by atoms with Crippen molar-refractivity contribution in [2.45, 2.75) is 30.8 Å². The maximum Gasteiger partial charge on any atom is 0.416 e. The third kappa shape index (κ3) is 4.77. The summed E-state index contributed by atoms with van der Waals surface area (Å²) in [5.41, 5.74) is -1.00. The maximum atomic E-state index is 12.6.